The first-order valence-electron chi connectivity index (χ1n) is 8.70. The smallest absolute Gasteiger partial charge is 0.375 e. The molecule has 2 rings (SSSR count). The summed E-state index contributed by atoms with van der Waals surface area (Å²) >= 11 is 0. The Bertz CT molecular complexity index is 680. The van der Waals surface area contributed by atoms with Gasteiger partial charge in [0.25, 0.3) is 0 Å². The molecule has 4 N–H and O–H groups in total. The predicted octanol–water partition coefficient (Wildman–Crippen LogP) is 2.20. The number of morpholine rings is 1. The Kier molecular flexibility index (Phi) is 5.74. The number of nitrogens with zero attached hydrogens (tertiary/aromatic N) is 1. The summed E-state index contributed by atoms with van der Waals surface area (Å²) in [6, 6.07) is 4.93. The van der Waals surface area contributed by atoms with E-state index in [9.17, 15) is 23.4 Å². The number of aryl methyl sites for hydroxylation is 1. The van der Waals surface area contributed by atoms with Crippen molar-refractivity contribution in [1.82, 2.24) is 5.32 Å². The maximum Gasteiger partial charge on any atom is 0.410 e. The molecule has 9 heteroatoms. The number of likely N-dealkylation sites (N-methyl/N-ethyl adjacent to an activating group) is 1. The van der Waals surface area contributed by atoms with E-state index in [1.54, 1.807) is 36.9 Å². The molecular formula is C18H28F3N3O3. The van der Waals surface area contributed by atoms with E-state index in [0.29, 0.717) is 18.8 Å². The Morgan fingerprint density at radius 3 is 2.37 bits per heavy atom. The van der Waals surface area contributed by atoms with E-state index < -0.39 is 23.2 Å². The number of aliphatic hydroxyl groups is 2. The minimum absolute atomic E-state index is 0.160. The zero-order valence-corrected chi connectivity index (χ0v) is 16.2. The van der Waals surface area contributed by atoms with Crippen molar-refractivity contribution in [3.8, 4) is 0 Å². The van der Waals surface area contributed by atoms with Crippen LogP contribution in [0.15, 0.2) is 18.2 Å². The summed E-state index contributed by atoms with van der Waals surface area (Å²) in [6.07, 6.45) is -4.68. The summed E-state index contributed by atoms with van der Waals surface area (Å²) in [5.74, 6) is 0. The third-order valence-electron chi connectivity index (χ3n) is 5.33. The van der Waals surface area contributed by atoms with E-state index in [4.69, 9.17) is 4.74 Å². The molecule has 1 aliphatic rings. The van der Waals surface area contributed by atoms with Crippen LogP contribution in [0.4, 0.5) is 24.5 Å². The van der Waals surface area contributed by atoms with Gasteiger partial charge in [0, 0.05) is 17.9 Å². The molecule has 0 aliphatic carbocycles. The van der Waals surface area contributed by atoms with Crippen LogP contribution in [0, 0.1) is 6.92 Å². The number of hydrogen-bond donors (Lipinski definition) is 4. The molecule has 0 radical (unpaired) electrons. The summed E-state index contributed by atoms with van der Waals surface area (Å²) in [6.45, 7) is 6.53. The van der Waals surface area contributed by atoms with E-state index in [1.165, 1.54) is 0 Å². The van der Waals surface area contributed by atoms with E-state index in [0.717, 1.165) is 32.1 Å². The van der Waals surface area contributed by atoms with Gasteiger partial charge in [0.2, 0.25) is 0 Å². The monoisotopic (exact) mass is 391 g/mol. The Morgan fingerprint density at radius 1 is 1.26 bits per heavy atom. The Morgan fingerprint density at radius 2 is 1.89 bits per heavy atom. The maximum atomic E-state index is 13.5. The number of nitrogens with one attached hydrogen (secondary N) is 2. The molecule has 1 heterocycles. The van der Waals surface area contributed by atoms with Gasteiger partial charge < -0.3 is 30.5 Å². The number of anilines is 2. The minimum Gasteiger partial charge on any atom is -0.375 e. The molecule has 0 aromatic heterocycles. The van der Waals surface area contributed by atoms with Crippen LogP contribution in [-0.2, 0) is 4.74 Å². The maximum absolute atomic E-state index is 13.5. The van der Waals surface area contributed by atoms with Gasteiger partial charge in [-0.3, -0.25) is 0 Å². The van der Waals surface area contributed by atoms with Crippen molar-refractivity contribution < 1.29 is 28.1 Å². The number of hydrogen-bond acceptors (Lipinski definition) is 6. The van der Waals surface area contributed by atoms with Crippen molar-refractivity contribution in [2.24, 2.45) is 0 Å². The number of ether oxygens (including phenoxy) is 1. The van der Waals surface area contributed by atoms with Crippen molar-refractivity contribution in [3.05, 3.63) is 23.8 Å². The van der Waals surface area contributed by atoms with E-state index in [2.05, 4.69) is 10.6 Å². The zero-order chi connectivity index (χ0) is 20.7. The third kappa shape index (κ3) is 4.01. The van der Waals surface area contributed by atoms with Crippen LogP contribution >= 0.6 is 0 Å². The summed E-state index contributed by atoms with van der Waals surface area (Å²) in [5.41, 5.74) is -4.22. The molecule has 1 aromatic rings. The molecule has 0 bridgehead atoms. The van der Waals surface area contributed by atoms with Crippen LogP contribution in [0.25, 0.3) is 0 Å². The molecule has 6 nitrogen and oxygen atoms in total. The molecule has 3 unspecified atom stereocenters. The molecule has 1 aromatic carbocycles. The fourth-order valence-corrected chi connectivity index (χ4v) is 3.22. The van der Waals surface area contributed by atoms with Gasteiger partial charge in [-0.15, -0.1) is 0 Å². The summed E-state index contributed by atoms with van der Waals surface area (Å²) < 4.78 is 45.7. The molecule has 0 amide bonds. The summed E-state index contributed by atoms with van der Waals surface area (Å²) in [7, 11) is 1.15. The van der Waals surface area contributed by atoms with Crippen molar-refractivity contribution in [2.45, 2.75) is 50.9 Å². The fourth-order valence-electron chi connectivity index (χ4n) is 3.22. The second-order valence-electron chi connectivity index (χ2n) is 7.49. The zero-order valence-electron chi connectivity index (χ0n) is 16.2. The van der Waals surface area contributed by atoms with Crippen LogP contribution in [0.5, 0.6) is 0 Å². The lowest BCUT2D eigenvalue weighted by Crippen LogP contribution is -2.70. The standard InChI is InChI=1S/C18H28F3N3O3/c1-12-10-13(23-17(4,26)16(3,22-5)18(19,20)21)6-7-14(12)24-8-9-27-11-15(24,2)25/h6-7,10,22-23,25-26H,8-9,11H2,1-5H3. The van der Waals surface area contributed by atoms with Gasteiger partial charge in [0.1, 0.15) is 0 Å². The van der Waals surface area contributed by atoms with Crippen molar-refractivity contribution in [3.63, 3.8) is 0 Å². The quantitative estimate of drug-likeness (QED) is 0.577. The van der Waals surface area contributed by atoms with E-state index in [1.807, 2.05) is 0 Å². The molecule has 27 heavy (non-hydrogen) atoms. The minimum atomic E-state index is -4.68. The molecule has 1 fully saturated rings. The Labute approximate surface area is 157 Å². The highest BCUT2D eigenvalue weighted by atomic mass is 19.4. The largest absolute Gasteiger partial charge is 0.410 e. The van der Waals surface area contributed by atoms with Crippen LogP contribution in [0.2, 0.25) is 0 Å². The number of alkyl halides is 3. The Hall–Kier alpha value is -1.55. The average molecular weight is 391 g/mol. The van der Waals surface area contributed by atoms with Crippen LogP contribution in [-0.4, -0.2) is 60.2 Å². The number of benzene rings is 1. The van der Waals surface area contributed by atoms with Gasteiger partial charge >= 0.3 is 6.18 Å². The molecule has 0 saturated carbocycles. The van der Waals surface area contributed by atoms with E-state index in [-0.39, 0.29) is 6.61 Å². The molecule has 1 aliphatic heterocycles. The molecule has 3 atom stereocenters. The number of halogens is 3. The summed E-state index contributed by atoms with van der Waals surface area (Å²) in [4.78, 5) is 1.79. The molecular weight excluding hydrogens is 363 g/mol. The predicted molar refractivity (Wildman–Crippen MR) is 97.7 cm³/mol. The first-order chi connectivity index (χ1) is 12.2. The highest BCUT2D eigenvalue weighted by molar-refractivity contribution is 5.62. The highest BCUT2D eigenvalue weighted by Gasteiger charge is 2.61. The SMILES string of the molecule is CNC(C)(C(F)(F)F)C(C)(O)Nc1ccc(N2CCOCC2(C)O)c(C)c1. The first kappa shape index (κ1) is 21.7. The highest BCUT2D eigenvalue weighted by Crippen LogP contribution is 2.39. The molecule has 1 saturated heterocycles. The third-order valence-corrected chi connectivity index (χ3v) is 5.33. The van der Waals surface area contributed by atoms with Gasteiger partial charge in [-0.05, 0) is 58.5 Å². The van der Waals surface area contributed by atoms with Gasteiger partial charge in [0.05, 0.1) is 13.2 Å². The summed E-state index contributed by atoms with van der Waals surface area (Å²) in [5, 5.41) is 25.8. The van der Waals surface area contributed by atoms with Crippen LogP contribution in [0.1, 0.15) is 26.3 Å². The normalized spacial score (nSPS) is 25.6. The van der Waals surface area contributed by atoms with Gasteiger partial charge in [-0.25, -0.2) is 0 Å². The van der Waals surface area contributed by atoms with Crippen molar-refractivity contribution in [1.29, 1.82) is 0 Å². The number of rotatable bonds is 5. The topological polar surface area (TPSA) is 77.0 Å². The van der Waals surface area contributed by atoms with Crippen LogP contribution < -0.4 is 15.5 Å². The van der Waals surface area contributed by atoms with Gasteiger partial charge in [0.15, 0.2) is 17.0 Å². The lowest BCUT2D eigenvalue weighted by molar-refractivity contribution is -0.234. The van der Waals surface area contributed by atoms with Crippen LogP contribution in [0.3, 0.4) is 0 Å². The molecule has 0 spiro atoms. The lowest BCUT2D eigenvalue weighted by atomic mass is 9.88. The first-order valence-corrected chi connectivity index (χ1v) is 8.70. The van der Waals surface area contributed by atoms with Crippen molar-refractivity contribution in [2.75, 3.05) is 37.0 Å². The van der Waals surface area contributed by atoms with Gasteiger partial charge in [-0.2, -0.15) is 13.2 Å². The van der Waals surface area contributed by atoms with E-state index >= 15 is 0 Å². The molecule has 154 valence electrons. The van der Waals surface area contributed by atoms with Crippen molar-refractivity contribution >= 4 is 11.4 Å². The Balaban J connectivity index is 2.30. The average Bonchev–Trinajstić information content (AvgIpc) is 2.53. The fraction of sp³-hybridized carbons (Fsp3) is 0.667. The second kappa shape index (κ2) is 7.12. The van der Waals surface area contributed by atoms with Gasteiger partial charge in [-0.1, -0.05) is 0 Å². The lowest BCUT2D eigenvalue weighted by Gasteiger charge is -2.45. The second-order valence-corrected chi connectivity index (χ2v) is 7.49.